The van der Waals surface area contributed by atoms with Gasteiger partial charge in [-0.1, -0.05) is 58.2 Å². The number of aromatic nitrogens is 4. The van der Waals surface area contributed by atoms with Crippen LogP contribution in [0.15, 0.2) is 30.6 Å². The molecule has 2 aromatic heterocycles. The predicted octanol–water partition coefficient (Wildman–Crippen LogP) is 4.67. The molecule has 5 N–H and O–H groups in total. The molecule has 1 saturated carbocycles. The number of rotatable bonds is 21. The van der Waals surface area contributed by atoms with Gasteiger partial charge in [-0.05, 0) is 56.1 Å². The number of benzene rings is 1. The number of hydrogen-bond acceptors (Lipinski definition) is 14. The van der Waals surface area contributed by atoms with Crippen LogP contribution in [-0.2, 0) is 38.7 Å². The van der Waals surface area contributed by atoms with Crippen LogP contribution in [0.4, 0.5) is 5.82 Å². The number of halogens is 1. The average Bonchev–Trinajstić information content (AvgIpc) is 3.46. The molecule has 1 aromatic carbocycles. The summed E-state index contributed by atoms with van der Waals surface area (Å²) in [6.45, 7) is 9.43. The van der Waals surface area contributed by atoms with Crippen molar-refractivity contribution in [2.24, 2.45) is 5.92 Å². The highest BCUT2D eigenvalue weighted by Gasteiger charge is 2.65. The van der Waals surface area contributed by atoms with Gasteiger partial charge in [0.15, 0.2) is 11.5 Å². The second kappa shape index (κ2) is 17.6. The number of ether oxygens (including phenoxy) is 2. The molecule has 0 spiro atoms. The summed E-state index contributed by atoms with van der Waals surface area (Å²) in [4.78, 5) is 38.2. The van der Waals surface area contributed by atoms with E-state index in [1.54, 1.807) is 28.8 Å². The smallest absolute Gasteiger partial charge is 0.465 e. The number of anilines is 1. The van der Waals surface area contributed by atoms with E-state index in [4.69, 9.17) is 40.2 Å². The second-order valence-electron chi connectivity index (χ2n) is 12.8. The summed E-state index contributed by atoms with van der Waals surface area (Å²) in [5, 5.41) is 13.4. The number of para-hydroxylation sites is 1. The number of unbranched alkanes of at least 4 members (excludes halogenated alkanes) is 3. The van der Waals surface area contributed by atoms with E-state index < -0.39 is 58.4 Å². The molecular weight excluding hydrogens is 740 g/mol. The zero-order valence-electron chi connectivity index (χ0n) is 29.7. The highest BCUT2D eigenvalue weighted by molar-refractivity contribution is 7.63. The number of carbonyl (C=O) groups is 1. The molecular formula is C32H48ClN7O10P2. The van der Waals surface area contributed by atoms with Gasteiger partial charge >= 0.3 is 21.5 Å². The van der Waals surface area contributed by atoms with Gasteiger partial charge in [-0.2, -0.15) is 19.4 Å². The standard InChI is InChI=1S/C32H48ClN7O10P2/c1-5-8-9-12-17-46-31(42)20(4)38-51(43,49-22-14-11-10-13-21(22)15-16-39(6-2)7-3)50-52(44,45)47-18-23-27(41)24-26(28(24)48-23)40-19-35-25-29(34)36-32(33)37-30(25)40/h10-11,13-14,19-20,23-24,26-28,41H,5-9,12,15-18H2,1-4H3,(H,38,43)(H,44,45)(H2,34,36,37)/t20-,23+,24?,26-,27-,28?,51?/m0/s1. The monoisotopic (exact) mass is 787 g/mol. The van der Waals surface area contributed by atoms with Crippen LogP contribution in [0.5, 0.6) is 5.75 Å². The number of hydrogen-bond donors (Lipinski definition) is 4. The maximum Gasteiger partial charge on any atom is 0.481 e. The van der Waals surface area contributed by atoms with Gasteiger partial charge in [-0.25, -0.2) is 14.1 Å². The first-order valence-corrected chi connectivity index (χ1v) is 20.9. The lowest BCUT2D eigenvalue weighted by molar-refractivity contribution is -0.145. The topological polar surface area (TPSA) is 223 Å². The Morgan fingerprint density at radius 2 is 1.92 bits per heavy atom. The molecule has 288 valence electrons. The maximum absolute atomic E-state index is 14.3. The lowest BCUT2D eigenvalue weighted by atomic mass is 10.1. The van der Waals surface area contributed by atoms with E-state index in [-0.39, 0.29) is 29.5 Å². The number of carbonyl (C=O) groups excluding carboxylic acids is 1. The van der Waals surface area contributed by atoms with Gasteiger partial charge in [-0.15, -0.1) is 0 Å². The lowest BCUT2D eigenvalue weighted by Gasteiger charge is -2.26. The molecule has 2 aliphatic rings. The summed E-state index contributed by atoms with van der Waals surface area (Å²) in [5.74, 6) is -0.922. The summed E-state index contributed by atoms with van der Waals surface area (Å²) >= 11 is 5.99. The zero-order valence-corrected chi connectivity index (χ0v) is 32.2. The van der Waals surface area contributed by atoms with E-state index in [1.165, 1.54) is 13.3 Å². The van der Waals surface area contributed by atoms with Crippen molar-refractivity contribution in [2.45, 2.75) is 90.2 Å². The summed E-state index contributed by atoms with van der Waals surface area (Å²) in [7, 11) is -10.00. The molecule has 0 amide bonds. The van der Waals surface area contributed by atoms with E-state index >= 15 is 0 Å². The summed E-state index contributed by atoms with van der Waals surface area (Å²) < 4.78 is 56.9. The third kappa shape index (κ3) is 9.89. The Morgan fingerprint density at radius 1 is 1.17 bits per heavy atom. The number of nitrogens with two attached hydrogens (primary N) is 1. The Bertz CT molecular complexity index is 1780. The van der Waals surface area contributed by atoms with Gasteiger partial charge in [0, 0.05) is 12.5 Å². The Hall–Kier alpha value is -2.69. The first-order chi connectivity index (χ1) is 24.8. The van der Waals surface area contributed by atoms with E-state index in [2.05, 4.69) is 31.9 Å². The average molecular weight is 788 g/mol. The molecule has 1 aliphatic heterocycles. The van der Waals surface area contributed by atoms with E-state index in [1.807, 2.05) is 13.8 Å². The predicted molar refractivity (Wildman–Crippen MR) is 193 cm³/mol. The van der Waals surface area contributed by atoms with E-state index in [9.17, 15) is 23.9 Å². The SMILES string of the molecule is CCCCCCOC(=O)[C@H](C)NP(=O)(Oc1ccccc1CCN(CC)CC)OP(=O)(O)OC[C@H]1OC2C([C@@H]2n2cnc3c(N)nc(Cl)nc32)[C@H]1O. The zero-order chi connectivity index (χ0) is 37.6. The highest BCUT2D eigenvalue weighted by atomic mass is 35.5. The fourth-order valence-electron chi connectivity index (χ4n) is 6.26. The van der Waals surface area contributed by atoms with Crippen molar-refractivity contribution in [3.63, 3.8) is 0 Å². The number of nitrogens with one attached hydrogen (secondary N) is 1. The highest BCUT2D eigenvalue weighted by Crippen LogP contribution is 2.62. The molecule has 2 fully saturated rings. The fourth-order valence-corrected chi connectivity index (χ4v) is 9.43. The largest absolute Gasteiger partial charge is 0.481 e. The van der Waals surface area contributed by atoms with Crippen molar-refractivity contribution in [1.29, 1.82) is 0 Å². The van der Waals surface area contributed by atoms with Crippen molar-refractivity contribution < 1.29 is 46.8 Å². The van der Waals surface area contributed by atoms with Gasteiger partial charge in [0.25, 0.3) is 0 Å². The summed E-state index contributed by atoms with van der Waals surface area (Å²) in [5.41, 5.74) is 7.30. The Balaban J connectivity index is 1.25. The lowest BCUT2D eigenvalue weighted by Crippen LogP contribution is -2.35. The number of phosphoric ester groups is 1. The van der Waals surface area contributed by atoms with Crippen molar-refractivity contribution in [3.05, 3.63) is 41.4 Å². The maximum atomic E-state index is 14.3. The van der Waals surface area contributed by atoms with Crippen LogP contribution in [0.2, 0.25) is 5.28 Å². The number of phosphoric acid groups is 1. The number of nitrogens with zero attached hydrogens (tertiary/aromatic N) is 5. The van der Waals surface area contributed by atoms with E-state index in [0.29, 0.717) is 36.1 Å². The molecule has 5 rings (SSSR count). The quantitative estimate of drug-likeness (QED) is 0.0498. The molecule has 0 bridgehead atoms. The van der Waals surface area contributed by atoms with Crippen LogP contribution in [-0.4, -0.2) is 97.6 Å². The van der Waals surface area contributed by atoms with Gasteiger partial charge in [0.05, 0.1) is 37.8 Å². The molecule has 0 radical (unpaired) electrons. The molecule has 3 heterocycles. The number of aliphatic hydroxyl groups excluding tert-OH is 1. The molecule has 8 atom stereocenters. The number of esters is 1. The van der Waals surface area contributed by atoms with Crippen LogP contribution in [0.1, 0.15) is 65.0 Å². The van der Waals surface area contributed by atoms with Gasteiger partial charge in [0.2, 0.25) is 5.28 Å². The minimum Gasteiger partial charge on any atom is -0.465 e. The Labute approximate surface area is 307 Å². The fraction of sp³-hybridized carbons (Fsp3) is 0.625. The molecule has 52 heavy (non-hydrogen) atoms. The first kappa shape index (κ1) is 40.5. The number of aliphatic hydroxyl groups is 1. The number of likely N-dealkylation sites (N-methyl/N-ethyl adjacent to an activating group) is 1. The van der Waals surface area contributed by atoms with Crippen molar-refractivity contribution in [3.8, 4) is 5.75 Å². The number of imidazole rings is 1. The molecule has 3 aromatic rings. The van der Waals surface area contributed by atoms with E-state index in [0.717, 1.165) is 32.4 Å². The van der Waals surface area contributed by atoms with Crippen molar-refractivity contribution >= 4 is 50.1 Å². The summed E-state index contributed by atoms with van der Waals surface area (Å²) in [6.07, 6.45) is 2.93. The summed E-state index contributed by atoms with van der Waals surface area (Å²) in [6, 6.07) is 5.18. The number of fused-ring (bicyclic) bond motifs is 2. The Morgan fingerprint density at radius 3 is 2.62 bits per heavy atom. The third-order valence-corrected chi connectivity index (χ3v) is 12.6. The minimum atomic E-state index is -5.18. The minimum absolute atomic E-state index is 0.0587. The first-order valence-electron chi connectivity index (χ1n) is 17.5. The van der Waals surface area contributed by atoms with Crippen molar-refractivity contribution in [1.82, 2.24) is 29.5 Å². The molecule has 17 nitrogen and oxygen atoms in total. The van der Waals surface area contributed by atoms with Crippen LogP contribution in [0.3, 0.4) is 0 Å². The van der Waals surface area contributed by atoms with Crippen molar-refractivity contribution in [2.75, 3.05) is 38.6 Å². The third-order valence-electron chi connectivity index (χ3n) is 9.16. The van der Waals surface area contributed by atoms with Gasteiger partial charge in [0.1, 0.15) is 23.4 Å². The second-order valence-corrected chi connectivity index (χ2v) is 16.4. The van der Waals surface area contributed by atoms with Gasteiger partial charge in [-0.3, -0.25) is 9.32 Å². The molecule has 20 heteroatoms. The Kier molecular flexibility index (Phi) is 13.7. The van der Waals surface area contributed by atoms with Gasteiger partial charge < -0.3 is 39.2 Å². The van der Waals surface area contributed by atoms with Crippen LogP contribution < -0.4 is 15.3 Å². The molecule has 1 saturated heterocycles. The number of nitrogen functional groups attached to an aromatic ring is 1. The molecule has 1 aliphatic carbocycles. The normalized spacial score (nSPS) is 24.0. The molecule has 4 unspecified atom stereocenters. The van der Waals surface area contributed by atoms with Crippen LogP contribution >= 0.6 is 27.2 Å². The van der Waals surface area contributed by atoms with Crippen LogP contribution in [0.25, 0.3) is 11.2 Å². The van der Waals surface area contributed by atoms with Crippen LogP contribution in [0, 0.1) is 5.92 Å².